The first kappa shape index (κ1) is 13.9. The van der Waals surface area contributed by atoms with E-state index in [1.807, 2.05) is 0 Å². The van der Waals surface area contributed by atoms with Gasteiger partial charge in [0, 0.05) is 19.2 Å². The average Bonchev–Trinajstić information content (AvgIpc) is 2.75. The Morgan fingerprint density at radius 3 is 2.68 bits per heavy atom. The molecule has 0 spiro atoms. The van der Waals surface area contributed by atoms with Gasteiger partial charge in [-0.3, -0.25) is 10.1 Å². The number of nitrogens with zero attached hydrogens (tertiary/aromatic N) is 1. The van der Waals surface area contributed by atoms with Gasteiger partial charge in [-0.2, -0.15) is 0 Å². The average molecular weight is 266 g/mol. The Labute approximate surface area is 112 Å². The lowest BCUT2D eigenvalue weighted by Crippen LogP contribution is -2.29. The fourth-order valence-corrected chi connectivity index (χ4v) is 2.75. The van der Waals surface area contributed by atoms with Crippen molar-refractivity contribution in [3.05, 3.63) is 39.7 Å². The van der Waals surface area contributed by atoms with E-state index in [0.717, 1.165) is 12.6 Å². The van der Waals surface area contributed by atoms with Crippen LogP contribution >= 0.6 is 0 Å². The first-order valence-electron chi connectivity index (χ1n) is 6.63. The largest absolute Gasteiger partial charge is 0.312 e. The summed E-state index contributed by atoms with van der Waals surface area (Å²) in [5, 5.41) is 13.9. The summed E-state index contributed by atoms with van der Waals surface area (Å²) in [6.07, 6.45) is 4.96. The van der Waals surface area contributed by atoms with Gasteiger partial charge in [0.15, 0.2) is 0 Å². The third-order valence-corrected chi connectivity index (χ3v) is 3.84. The first-order chi connectivity index (χ1) is 8.98. The summed E-state index contributed by atoms with van der Waals surface area (Å²) in [5.41, 5.74) is 0.747. The molecule has 0 aliphatic heterocycles. The molecule has 1 aromatic carbocycles. The van der Waals surface area contributed by atoms with Crippen LogP contribution in [0, 0.1) is 21.3 Å². The van der Waals surface area contributed by atoms with E-state index in [-0.39, 0.29) is 5.69 Å². The highest BCUT2D eigenvalue weighted by molar-refractivity contribution is 5.35. The molecule has 0 unspecified atom stereocenters. The van der Waals surface area contributed by atoms with Crippen LogP contribution in [-0.4, -0.2) is 11.5 Å². The van der Waals surface area contributed by atoms with E-state index in [1.54, 1.807) is 0 Å². The maximum absolute atomic E-state index is 13.3. The number of nitro groups is 1. The molecule has 1 fully saturated rings. The van der Waals surface area contributed by atoms with Crippen molar-refractivity contribution in [2.24, 2.45) is 5.41 Å². The van der Waals surface area contributed by atoms with Crippen molar-refractivity contribution in [1.29, 1.82) is 0 Å². The van der Waals surface area contributed by atoms with Crippen LogP contribution in [0.5, 0.6) is 0 Å². The minimum atomic E-state index is -0.565. The smallest absolute Gasteiger partial charge is 0.272 e. The molecule has 1 aromatic rings. The molecule has 19 heavy (non-hydrogen) atoms. The Kier molecular flexibility index (Phi) is 4.14. The van der Waals surface area contributed by atoms with E-state index in [0.29, 0.717) is 17.5 Å². The van der Waals surface area contributed by atoms with Crippen LogP contribution in [-0.2, 0) is 6.54 Å². The van der Waals surface area contributed by atoms with Crippen molar-refractivity contribution in [2.75, 3.05) is 6.54 Å². The molecule has 0 bridgehead atoms. The maximum atomic E-state index is 13.3. The van der Waals surface area contributed by atoms with Crippen LogP contribution in [0.3, 0.4) is 0 Å². The summed E-state index contributed by atoms with van der Waals surface area (Å²) in [6.45, 7) is 3.59. The Bertz CT molecular complexity index is 471. The molecule has 0 amide bonds. The zero-order valence-corrected chi connectivity index (χ0v) is 11.1. The van der Waals surface area contributed by atoms with Crippen molar-refractivity contribution in [3.8, 4) is 0 Å². The minimum Gasteiger partial charge on any atom is -0.312 e. The summed E-state index contributed by atoms with van der Waals surface area (Å²) in [7, 11) is 0. The zero-order valence-electron chi connectivity index (χ0n) is 11.1. The molecule has 0 heterocycles. The third-order valence-electron chi connectivity index (χ3n) is 3.84. The van der Waals surface area contributed by atoms with Crippen molar-refractivity contribution < 1.29 is 9.31 Å². The van der Waals surface area contributed by atoms with Crippen molar-refractivity contribution >= 4 is 5.69 Å². The first-order valence-corrected chi connectivity index (χ1v) is 6.63. The van der Waals surface area contributed by atoms with Gasteiger partial charge in [-0.1, -0.05) is 19.8 Å². The summed E-state index contributed by atoms with van der Waals surface area (Å²) < 4.78 is 13.3. The number of nitrogens with one attached hydrogen (secondary N) is 1. The van der Waals surface area contributed by atoms with Crippen LogP contribution in [0.15, 0.2) is 18.2 Å². The van der Waals surface area contributed by atoms with Crippen molar-refractivity contribution in [1.82, 2.24) is 5.32 Å². The second-order valence-electron chi connectivity index (χ2n) is 5.70. The zero-order chi connectivity index (χ0) is 13.9. The van der Waals surface area contributed by atoms with E-state index in [4.69, 9.17) is 0 Å². The highest BCUT2D eigenvalue weighted by atomic mass is 19.1. The van der Waals surface area contributed by atoms with E-state index in [1.165, 1.54) is 37.8 Å². The molecule has 2 rings (SSSR count). The lowest BCUT2D eigenvalue weighted by molar-refractivity contribution is -0.385. The second kappa shape index (κ2) is 5.65. The number of rotatable bonds is 5. The SMILES string of the molecule is CC1(CNCc2cc(F)cc([N+](=O)[O-])c2)CCCC1. The lowest BCUT2D eigenvalue weighted by atomic mass is 9.89. The fraction of sp³-hybridized carbons (Fsp3) is 0.571. The highest BCUT2D eigenvalue weighted by Gasteiger charge is 2.27. The molecular weight excluding hydrogens is 247 g/mol. The van der Waals surface area contributed by atoms with Crippen molar-refractivity contribution in [2.45, 2.75) is 39.2 Å². The summed E-state index contributed by atoms with van der Waals surface area (Å²) in [6, 6.07) is 3.71. The molecule has 0 saturated heterocycles. The molecule has 0 aromatic heterocycles. The molecule has 1 N–H and O–H groups in total. The van der Waals surface area contributed by atoms with Gasteiger partial charge in [-0.05, 0) is 29.9 Å². The topological polar surface area (TPSA) is 55.2 Å². The molecule has 0 radical (unpaired) electrons. The number of halogens is 1. The Morgan fingerprint density at radius 1 is 1.37 bits per heavy atom. The Hall–Kier alpha value is -1.49. The van der Waals surface area contributed by atoms with Gasteiger partial charge in [0.1, 0.15) is 5.82 Å². The molecule has 1 aliphatic rings. The summed E-state index contributed by atoms with van der Waals surface area (Å²) in [5.74, 6) is -0.557. The van der Waals surface area contributed by atoms with Gasteiger partial charge in [0.05, 0.1) is 11.0 Å². The number of benzene rings is 1. The van der Waals surface area contributed by atoms with Gasteiger partial charge in [-0.25, -0.2) is 4.39 Å². The quantitative estimate of drug-likeness (QED) is 0.656. The van der Waals surface area contributed by atoms with Crippen LogP contribution in [0.1, 0.15) is 38.2 Å². The van der Waals surface area contributed by atoms with Crippen molar-refractivity contribution in [3.63, 3.8) is 0 Å². The lowest BCUT2D eigenvalue weighted by Gasteiger charge is -2.23. The predicted molar refractivity (Wildman–Crippen MR) is 71.3 cm³/mol. The summed E-state index contributed by atoms with van der Waals surface area (Å²) in [4.78, 5) is 10.1. The van der Waals surface area contributed by atoms with E-state index >= 15 is 0 Å². The van der Waals surface area contributed by atoms with E-state index in [9.17, 15) is 14.5 Å². The number of non-ortho nitro benzene ring substituents is 1. The molecule has 0 atom stereocenters. The van der Waals surface area contributed by atoms with Gasteiger partial charge in [-0.15, -0.1) is 0 Å². The minimum absolute atomic E-state index is 0.191. The molecule has 1 aliphatic carbocycles. The van der Waals surface area contributed by atoms with Gasteiger partial charge < -0.3 is 5.32 Å². The Balaban J connectivity index is 1.94. The molecule has 1 saturated carbocycles. The van der Waals surface area contributed by atoms with Gasteiger partial charge in [0.25, 0.3) is 5.69 Å². The standard InChI is InChI=1S/C14H19FN2O2/c1-14(4-2-3-5-14)10-16-9-11-6-12(15)8-13(7-11)17(18)19/h6-8,16H,2-5,9-10H2,1H3. The normalized spacial score (nSPS) is 17.6. The van der Waals surface area contributed by atoms with Gasteiger partial charge in [0.2, 0.25) is 0 Å². The molecule has 4 nitrogen and oxygen atoms in total. The van der Waals surface area contributed by atoms with Crippen LogP contribution < -0.4 is 5.32 Å². The molecule has 5 heteroatoms. The van der Waals surface area contributed by atoms with Crippen LogP contribution in [0.4, 0.5) is 10.1 Å². The molecular formula is C14H19FN2O2. The second-order valence-corrected chi connectivity index (χ2v) is 5.70. The van der Waals surface area contributed by atoms with Crippen LogP contribution in [0.2, 0.25) is 0 Å². The van der Waals surface area contributed by atoms with Crippen LogP contribution in [0.25, 0.3) is 0 Å². The predicted octanol–water partition coefficient (Wildman–Crippen LogP) is 3.40. The monoisotopic (exact) mass is 266 g/mol. The van der Waals surface area contributed by atoms with Gasteiger partial charge >= 0.3 is 0 Å². The molecule has 104 valence electrons. The Morgan fingerprint density at radius 2 is 2.05 bits per heavy atom. The number of nitro benzene ring substituents is 1. The fourth-order valence-electron chi connectivity index (χ4n) is 2.75. The highest BCUT2D eigenvalue weighted by Crippen LogP contribution is 2.36. The number of hydrogen-bond acceptors (Lipinski definition) is 3. The maximum Gasteiger partial charge on any atom is 0.272 e. The third kappa shape index (κ3) is 3.73. The van der Waals surface area contributed by atoms with E-state index < -0.39 is 10.7 Å². The summed E-state index contributed by atoms with van der Waals surface area (Å²) >= 11 is 0. The van der Waals surface area contributed by atoms with E-state index in [2.05, 4.69) is 12.2 Å². The number of hydrogen-bond donors (Lipinski definition) is 1.